The lowest BCUT2D eigenvalue weighted by atomic mass is 10.2. The SMILES string of the molecule is NC(=O)c1ccc(S(=O)(=O)Nc2cccc(Cl)c2F)cc1. The average molecular weight is 329 g/mol. The Morgan fingerprint density at radius 1 is 1.14 bits per heavy atom. The van der Waals surface area contributed by atoms with E-state index in [-0.39, 0.29) is 21.2 Å². The van der Waals surface area contributed by atoms with Gasteiger partial charge in [0.15, 0.2) is 5.82 Å². The average Bonchev–Trinajstić information content (AvgIpc) is 2.44. The first-order valence-corrected chi connectivity index (χ1v) is 7.54. The molecule has 5 nitrogen and oxygen atoms in total. The predicted molar refractivity (Wildman–Crippen MR) is 77.2 cm³/mol. The highest BCUT2D eigenvalue weighted by molar-refractivity contribution is 7.92. The first-order chi connectivity index (χ1) is 9.81. The summed E-state index contributed by atoms with van der Waals surface area (Å²) in [6.45, 7) is 0. The second-order valence-electron chi connectivity index (χ2n) is 4.10. The molecule has 0 bridgehead atoms. The quantitative estimate of drug-likeness (QED) is 0.903. The summed E-state index contributed by atoms with van der Waals surface area (Å²) in [6.07, 6.45) is 0. The smallest absolute Gasteiger partial charge is 0.261 e. The summed E-state index contributed by atoms with van der Waals surface area (Å²) >= 11 is 5.58. The number of carbonyl (C=O) groups is 1. The van der Waals surface area contributed by atoms with Gasteiger partial charge < -0.3 is 5.73 Å². The molecule has 0 aliphatic rings. The molecule has 2 rings (SSSR count). The fourth-order valence-electron chi connectivity index (χ4n) is 1.58. The molecule has 0 aliphatic heterocycles. The van der Waals surface area contributed by atoms with Crippen LogP contribution in [0.4, 0.5) is 10.1 Å². The van der Waals surface area contributed by atoms with Crippen LogP contribution in [0.2, 0.25) is 5.02 Å². The normalized spacial score (nSPS) is 11.1. The van der Waals surface area contributed by atoms with E-state index in [0.717, 1.165) is 0 Å². The van der Waals surface area contributed by atoms with Crippen LogP contribution in [0, 0.1) is 5.82 Å². The monoisotopic (exact) mass is 328 g/mol. The molecular weight excluding hydrogens is 319 g/mol. The standard InChI is InChI=1S/C13H10ClFN2O3S/c14-10-2-1-3-11(12(10)15)17-21(19,20)9-6-4-8(5-7-9)13(16)18/h1-7,17H,(H2,16,18). The van der Waals surface area contributed by atoms with Gasteiger partial charge >= 0.3 is 0 Å². The van der Waals surface area contributed by atoms with Crippen molar-refractivity contribution >= 4 is 33.2 Å². The van der Waals surface area contributed by atoms with Gasteiger partial charge in [-0.05, 0) is 36.4 Å². The van der Waals surface area contributed by atoms with Gasteiger partial charge in [0.25, 0.3) is 10.0 Å². The maximum Gasteiger partial charge on any atom is 0.261 e. The van der Waals surface area contributed by atoms with Crippen LogP contribution in [0.1, 0.15) is 10.4 Å². The highest BCUT2D eigenvalue weighted by Gasteiger charge is 2.17. The van der Waals surface area contributed by atoms with Crippen LogP contribution < -0.4 is 10.5 Å². The largest absolute Gasteiger partial charge is 0.366 e. The van der Waals surface area contributed by atoms with Gasteiger partial charge in [-0.3, -0.25) is 9.52 Å². The van der Waals surface area contributed by atoms with E-state index in [1.165, 1.54) is 42.5 Å². The fourth-order valence-corrected chi connectivity index (χ4v) is 2.82. The molecule has 2 aromatic carbocycles. The van der Waals surface area contributed by atoms with Crippen molar-refractivity contribution in [3.63, 3.8) is 0 Å². The summed E-state index contributed by atoms with van der Waals surface area (Å²) in [6, 6.07) is 8.90. The summed E-state index contributed by atoms with van der Waals surface area (Å²) in [5.41, 5.74) is 4.97. The number of carbonyl (C=O) groups excluding carboxylic acids is 1. The number of rotatable bonds is 4. The lowest BCUT2D eigenvalue weighted by molar-refractivity contribution is 0.1000. The highest BCUT2D eigenvalue weighted by Crippen LogP contribution is 2.24. The number of nitrogens with two attached hydrogens (primary N) is 1. The second-order valence-corrected chi connectivity index (χ2v) is 6.19. The van der Waals surface area contributed by atoms with Crippen molar-refractivity contribution in [2.45, 2.75) is 4.90 Å². The molecule has 0 atom stereocenters. The maximum absolute atomic E-state index is 13.7. The molecule has 0 radical (unpaired) electrons. The number of hydrogen-bond donors (Lipinski definition) is 2. The Labute approximate surface area is 125 Å². The Morgan fingerprint density at radius 2 is 1.76 bits per heavy atom. The minimum atomic E-state index is -4.00. The number of hydrogen-bond acceptors (Lipinski definition) is 3. The van der Waals surface area contributed by atoms with Crippen LogP contribution in [0.5, 0.6) is 0 Å². The third kappa shape index (κ3) is 3.32. The highest BCUT2D eigenvalue weighted by atomic mass is 35.5. The van der Waals surface area contributed by atoms with Crippen LogP contribution in [-0.4, -0.2) is 14.3 Å². The van der Waals surface area contributed by atoms with Gasteiger partial charge in [0.05, 0.1) is 15.6 Å². The Morgan fingerprint density at radius 3 is 2.33 bits per heavy atom. The van der Waals surface area contributed by atoms with Gasteiger partial charge in [0, 0.05) is 5.56 Å². The zero-order chi connectivity index (χ0) is 15.6. The zero-order valence-corrected chi connectivity index (χ0v) is 12.1. The van der Waals surface area contributed by atoms with E-state index >= 15 is 0 Å². The van der Waals surface area contributed by atoms with E-state index in [4.69, 9.17) is 17.3 Å². The van der Waals surface area contributed by atoms with Gasteiger partial charge in [-0.25, -0.2) is 12.8 Å². The van der Waals surface area contributed by atoms with Gasteiger partial charge in [0.2, 0.25) is 5.91 Å². The van der Waals surface area contributed by atoms with Crippen LogP contribution >= 0.6 is 11.6 Å². The van der Waals surface area contributed by atoms with Crippen molar-refractivity contribution in [3.8, 4) is 0 Å². The molecule has 110 valence electrons. The van der Waals surface area contributed by atoms with Gasteiger partial charge in [-0.1, -0.05) is 17.7 Å². The number of halogens is 2. The van der Waals surface area contributed by atoms with Crippen LogP contribution in [0.25, 0.3) is 0 Å². The molecule has 0 spiro atoms. The van der Waals surface area contributed by atoms with Crippen molar-refractivity contribution < 1.29 is 17.6 Å². The third-order valence-corrected chi connectivity index (χ3v) is 4.32. The molecule has 0 fully saturated rings. The summed E-state index contributed by atoms with van der Waals surface area (Å²) in [5, 5.41) is -0.195. The Balaban J connectivity index is 2.34. The molecule has 0 heterocycles. The molecule has 0 saturated heterocycles. The van der Waals surface area contributed by atoms with E-state index in [1.54, 1.807) is 0 Å². The maximum atomic E-state index is 13.7. The molecule has 0 aromatic heterocycles. The number of sulfonamides is 1. The summed E-state index contributed by atoms with van der Waals surface area (Å²) in [4.78, 5) is 10.8. The number of primary amides is 1. The van der Waals surface area contributed by atoms with Gasteiger partial charge in [0.1, 0.15) is 0 Å². The van der Waals surface area contributed by atoms with E-state index in [1.807, 2.05) is 0 Å². The van der Waals surface area contributed by atoms with Crippen LogP contribution in [-0.2, 0) is 10.0 Å². The molecule has 1 amide bonds. The molecule has 21 heavy (non-hydrogen) atoms. The summed E-state index contributed by atoms with van der Waals surface area (Å²) < 4.78 is 40.0. The van der Waals surface area contributed by atoms with Crippen molar-refractivity contribution in [2.75, 3.05) is 4.72 Å². The first-order valence-electron chi connectivity index (χ1n) is 5.68. The lowest BCUT2D eigenvalue weighted by Crippen LogP contribution is -2.15. The van der Waals surface area contributed by atoms with Crippen molar-refractivity contribution in [2.24, 2.45) is 5.73 Å². The van der Waals surface area contributed by atoms with E-state index < -0.39 is 21.7 Å². The number of amides is 1. The second kappa shape index (κ2) is 5.71. The minimum absolute atomic E-state index is 0.133. The molecule has 0 saturated carbocycles. The topological polar surface area (TPSA) is 89.3 Å². The minimum Gasteiger partial charge on any atom is -0.366 e. The van der Waals surface area contributed by atoms with Gasteiger partial charge in [-0.15, -0.1) is 0 Å². The van der Waals surface area contributed by atoms with Crippen molar-refractivity contribution in [3.05, 3.63) is 58.9 Å². The third-order valence-electron chi connectivity index (χ3n) is 2.65. The Kier molecular flexibility index (Phi) is 4.15. The van der Waals surface area contributed by atoms with Crippen LogP contribution in [0.15, 0.2) is 47.4 Å². The first kappa shape index (κ1) is 15.3. The molecule has 0 unspecified atom stereocenters. The van der Waals surface area contributed by atoms with Crippen molar-refractivity contribution in [1.82, 2.24) is 0 Å². The predicted octanol–water partition coefficient (Wildman–Crippen LogP) is 2.38. The molecule has 2 aromatic rings. The van der Waals surface area contributed by atoms with E-state index in [0.29, 0.717) is 0 Å². The Bertz CT molecular complexity index is 792. The summed E-state index contributed by atoms with van der Waals surface area (Å²) in [5.74, 6) is -1.54. The van der Waals surface area contributed by atoms with Crippen LogP contribution in [0.3, 0.4) is 0 Å². The number of nitrogens with one attached hydrogen (secondary N) is 1. The summed E-state index contributed by atoms with van der Waals surface area (Å²) in [7, 11) is -4.00. The fraction of sp³-hybridized carbons (Fsp3) is 0. The molecular formula is C13H10ClFN2O3S. The number of anilines is 1. The van der Waals surface area contributed by atoms with E-state index in [2.05, 4.69) is 4.72 Å². The Hall–Kier alpha value is -2.12. The van der Waals surface area contributed by atoms with E-state index in [9.17, 15) is 17.6 Å². The molecule has 8 heteroatoms. The van der Waals surface area contributed by atoms with Gasteiger partial charge in [-0.2, -0.15) is 0 Å². The zero-order valence-electron chi connectivity index (χ0n) is 10.5. The van der Waals surface area contributed by atoms with Crippen molar-refractivity contribution in [1.29, 1.82) is 0 Å². The number of benzene rings is 2. The molecule has 0 aliphatic carbocycles. The lowest BCUT2D eigenvalue weighted by Gasteiger charge is -2.09. The molecule has 3 N–H and O–H groups in total.